The molecule has 0 radical (unpaired) electrons. The average molecular weight is 395 g/mol. The number of rotatable bonds is 4. The molecule has 0 aliphatic carbocycles. The second kappa shape index (κ2) is 6.63. The molecule has 0 aliphatic heterocycles. The molecular weight excluding hydrogens is 381 g/mol. The van der Waals surface area contributed by atoms with Crippen molar-refractivity contribution in [2.24, 2.45) is 0 Å². The number of hydrogen-bond acceptors (Lipinski definition) is 4. The molecule has 0 saturated heterocycles. The van der Waals surface area contributed by atoms with Crippen molar-refractivity contribution in [1.29, 1.82) is 5.41 Å². The average Bonchev–Trinajstić information content (AvgIpc) is 3.26. The van der Waals surface area contributed by atoms with Gasteiger partial charge in [0.2, 0.25) is 0 Å². The van der Waals surface area contributed by atoms with Gasteiger partial charge < -0.3 is 0 Å². The van der Waals surface area contributed by atoms with Crippen molar-refractivity contribution in [3.63, 3.8) is 0 Å². The van der Waals surface area contributed by atoms with Crippen LogP contribution in [0.25, 0.3) is 11.0 Å². The van der Waals surface area contributed by atoms with E-state index >= 15 is 0 Å². The third-order valence-electron chi connectivity index (χ3n) is 3.54. The van der Waals surface area contributed by atoms with E-state index in [1.165, 1.54) is 4.35 Å². The predicted molar refractivity (Wildman–Crippen MR) is 102 cm³/mol. The molecule has 2 aromatic carbocycles. The van der Waals surface area contributed by atoms with Gasteiger partial charge in [0.1, 0.15) is 0 Å². The van der Waals surface area contributed by atoms with Gasteiger partial charge in [0.25, 0.3) is 0 Å². The van der Waals surface area contributed by atoms with Crippen LogP contribution in [0.2, 0.25) is 0 Å². The number of anilines is 1. The van der Waals surface area contributed by atoms with Gasteiger partial charge in [-0.3, -0.25) is 0 Å². The topological polar surface area (TPSA) is 61.9 Å². The fourth-order valence-corrected chi connectivity index (χ4v) is 5.38. The van der Waals surface area contributed by atoms with E-state index in [0.717, 1.165) is 26.0 Å². The SMILES string of the molecule is N=C(Nc1cccc([AsH]c2noc3ccccc23)c1)c1cccs1. The summed E-state index contributed by atoms with van der Waals surface area (Å²) in [6.07, 6.45) is 0. The minimum absolute atomic E-state index is 0.425. The van der Waals surface area contributed by atoms with Gasteiger partial charge in [-0.2, -0.15) is 0 Å². The number of aromatic nitrogens is 1. The van der Waals surface area contributed by atoms with Crippen molar-refractivity contribution in [2.75, 3.05) is 5.32 Å². The Morgan fingerprint density at radius 3 is 2.88 bits per heavy atom. The van der Waals surface area contributed by atoms with E-state index in [2.05, 4.69) is 28.7 Å². The number of hydrogen-bond donors (Lipinski definition) is 2. The molecule has 4 aromatic rings. The molecule has 4 rings (SSSR count). The number of thiophene rings is 1. The Bertz CT molecular complexity index is 994. The maximum atomic E-state index is 8.14. The van der Waals surface area contributed by atoms with Crippen LogP contribution in [0.15, 0.2) is 70.6 Å². The molecule has 2 aromatic heterocycles. The van der Waals surface area contributed by atoms with Gasteiger partial charge >= 0.3 is 150 Å². The first-order valence-electron chi connectivity index (χ1n) is 7.40. The van der Waals surface area contributed by atoms with Crippen LogP contribution in [0.4, 0.5) is 5.69 Å². The Morgan fingerprint density at radius 1 is 1.08 bits per heavy atom. The van der Waals surface area contributed by atoms with Crippen molar-refractivity contribution in [3.8, 4) is 0 Å². The second-order valence-corrected chi connectivity index (χ2v) is 8.89. The maximum absolute atomic E-state index is 8.14. The van der Waals surface area contributed by atoms with Crippen molar-refractivity contribution in [3.05, 3.63) is 70.9 Å². The number of nitrogens with one attached hydrogen (secondary N) is 2. The molecule has 6 heteroatoms. The molecule has 0 fully saturated rings. The fourth-order valence-electron chi connectivity index (χ4n) is 2.41. The Morgan fingerprint density at radius 2 is 2.00 bits per heavy atom. The van der Waals surface area contributed by atoms with E-state index in [9.17, 15) is 0 Å². The van der Waals surface area contributed by atoms with Crippen LogP contribution in [0.3, 0.4) is 0 Å². The van der Waals surface area contributed by atoms with Crippen molar-refractivity contribution in [1.82, 2.24) is 5.16 Å². The van der Waals surface area contributed by atoms with Gasteiger partial charge in [0.15, 0.2) is 0 Å². The van der Waals surface area contributed by atoms with E-state index in [1.807, 2.05) is 47.8 Å². The zero-order valence-corrected chi connectivity index (χ0v) is 15.5. The summed E-state index contributed by atoms with van der Waals surface area (Å²) in [5.41, 5.74) is 1.77. The quantitative estimate of drug-likeness (QED) is 0.317. The monoisotopic (exact) mass is 395 g/mol. The number of benzene rings is 2. The molecular formula is C18H14AsN3OS. The Balaban J connectivity index is 1.55. The van der Waals surface area contributed by atoms with E-state index < -0.39 is 15.8 Å². The summed E-state index contributed by atoms with van der Waals surface area (Å²) in [7, 11) is 0. The summed E-state index contributed by atoms with van der Waals surface area (Å²) in [6.45, 7) is 0. The first-order chi connectivity index (χ1) is 11.8. The summed E-state index contributed by atoms with van der Waals surface area (Å²) in [4.78, 5) is 0.930. The Kier molecular flexibility index (Phi) is 4.20. The van der Waals surface area contributed by atoms with Gasteiger partial charge in [-0.25, -0.2) is 0 Å². The van der Waals surface area contributed by atoms with Gasteiger partial charge in [-0.15, -0.1) is 0 Å². The molecule has 2 heterocycles. The number of para-hydroxylation sites is 1. The number of nitrogens with zero attached hydrogens (tertiary/aromatic N) is 1. The molecule has 0 bridgehead atoms. The normalized spacial score (nSPS) is 11.3. The van der Waals surface area contributed by atoms with Gasteiger partial charge in [-0.1, -0.05) is 0 Å². The van der Waals surface area contributed by atoms with E-state index in [4.69, 9.17) is 9.93 Å². The van der Waals surface area contributed by atoms with Crippen molar-refractivity contribution >= 4 is 58.4 Å². The third-order valence-corrected chi connectivity index (χ3v) is 6.94. The molecule has 118 valence electrons. The fraction of sp³-hybridized carbons (Fsp3) is 0. The minimum atomic E-state index is -0.591. The van der Waals surface area contributed by atoms with Crippen molar-refractivity contribution in [2.45, 2.75) is 0 Å². The summed E-state index contributed by atoms with van der Waals surface area (Å²) < 4.78 is 7.70. The number of amidine groups is 1. The van der Waals surface area contributed by atoms with Crippen LogP contribution in [0.5, 0.6) is 0 Å². The van der Waals surface area contributed by atoms with E-state index in [1.54, 1.807) is 11.3 Å². The second-order valence-electron chi connectivity index (χ2n) is 5.21. The Hall–Kier alpha value is -2.36. The molecule has 1 unspecified atom stereocenters. The molecule has 0 saturated carbocycles. The van der Waals surface area contributed by atoms with Crippen LogP contribution in [0, 0.1) is 5.41 Å². The summed E-state index contributed by atoms with van der Waals surface area (Å²) in [5, 5.41) is 18.6. The molecule has 0 spiro atoms. The van der Waals surface area contributed by atoms with Crippen LogP contribution in [-0.4, -0.2) is 26.7 Å². The van der Waals surface area contributed by atoms with Crippen LogP contribution < -0.4 is 14.1 Å². The van der Waals surface area contributed by atoms with Crippen LogP contribution >= 0.6 is 11.3 Å². The summed E-state index contributed by atoms with van der Waals surface area (Å²) in [6, 6.07) is 20.1. The molecule has 0 aliphatic rings. The molecule has 0 amide bonds. The first kappa shape index (κ1) is 15.2. The van der Waals surface area contributed by atoms with Crippen LogP contribution in [-0.2, 0) is 0 Å². The third kappa shape index (κ3) is 3.14. The van der Waals surface area contributed by atoms with Gasteiger partial charge in [0.05, 0.1) is 0 Å². The Labute approximate surface area is 149 Å². The zero-order valence-electron chi connectivity index (χ0n) is 12.6. The van der Waals surface area contributed by atoms with Crippen molar-refractivity contribution < 1.29 is 4.52 Å². The first-order valence-corrected chi connectivity index (χ1v) is 10.4. The summed E-state index contributed by atoms with van der Waals surface area (Å²) in [5.74, 6) is 0.425. The molecule has 2 N–H and O–H groups in total. The van der Waals surface area contributed by atoms with Gasteiger partial charge in [-0.05, 0) is 0 Å². The molecule has 1 atom stereocenters. The zero-order chi connectivity index (χ0) is 16.4. The van der Waals surface area contributed by atoms with E-state index in [0.29, 0.717) is 5.84 Å². The standard InChI is InChI=1S/C18H14AsN3OS/c20-18(16-9-4-10-24-16)21-13-6-3-5-12(11-13)19-17-14-7-1-2-8-15(14)23-22-17/h1-11,19H,(H2,20,21). The van der Waals surface area contributed by atoms with Crippen LogP contribution in [0.1, 0.15) is 4.88 Å². The predicted octanol–water partition coefficient (Wildman–Crippen LogP) is 2.71. The van der Waals surface area contributed by atoms with E-state index in [-0.39, 0.29) is 0 Å². The molecule has 24 heavy (non-hydrogen) atoms. The number of fused-ring (bicyclic) bond motifs is 1. The van der Waals surface area contributed by atoms with Gasteiger partial charge in [0, 0.05) is 0 Å². The molecule has 4 nitrogen and oxygen atoms in total. The summed E-state index contributed by atoms with van der Waals surface area (Å²) >= 11 is 0.967.